The third-order valence-corrected chi connectivity index (χ3v) is 1.59. The van der Waals surface area contributed by atoms with Gasteiger partial charge in [0.2, 0.25) is 0 Å². The topological polar surface area (TPSA) is 58.3 Å². The third-order valence-electron chi connectivity index (χ3n) is 1.59. The zero-order chi connectivity index (χ0) is 9.10. The summed E-state index contributed by atoms with van der Waals surface area (Å²) in [5.74, 6) is 0.246. The lowest BCUT2D eigenvalue weighted by Gasteiger charge is -2.01. The number of nitrogens with one attached hydrogen (secondary N) is 1. The van der Waals surface area contributed by atoms with Crippen LogP contribution in [0.5, 0.6) is 5.75 Å². The molecule has 2 aromatic rings. The second-order valence-corrected chi connectivity index (χ2v) is 2.58. The van der Waals surface area contributed by atoms with Crippen molar-refractivity contribution >= 4 is 11.4 Å². The van der Waals surface area contributed by atoms with Gasteiger partial charge in [-0.25, -0.2) is 0 Å². The van der Waals surface area contributed by atoms with Crippen LogP contribution in [0.25, 0.3) is 0 Å². The van der Waals surface area contributed by atoms with Crippen molar-refractivity contribution in [1.29, 1.82) is 0 Å². The summed E-state index contributed by atoms with van der Waals surface area (Å²) in [5, 5.41) is 15.6. The monoisotopic (exact) mass is 176 g/mol. The van der Waals surface area contributed by atoms with Gasteiger partial charge in [-0.1, -0.05) is 5.16 Å². The Morgan fingerprint density at radius 2 is 1.92 bits per heavy atom. The van der Waals surface area contributed by atoms with E-state index >= 15 is 0 Å². The molecule has 66 valence electrons. The van der Waals surface area contributed by atoms with Gasteiger partial charge < -0.3 is 14.9 Å². The molecule has 0 radical (unpaired) electrons. The SMILES string of the molecule is Oc1ccc(Nc2cnoc2)cc1. The van der Waals surface area contributed by atoms with Crippen LogP contribution in [0.15, 0.2) is 41.2 Å². The van der Waals surface area contributed by atoms with E-state index in [1.54, 1.807) is 30.5 Å². The Labute approximate surface area is 74.8 Å². The van der Waals surface area contributed by atoms with Gasteiger partial charge in [-0.2, -0.15) is 0 Å². The molecule has 0 aliphatic rings. The zero-order valence-corrected chi connectivity index (χ0v) is 6.77. The van der Waals surface area contributed by atoms with E-state index in [-0.39, 0.29) is 5.75 Å². The summed E-state index contributed by atoms with van der Waals surface area (Å²) < 4.78 is 4.65. The second kappa shape index (κ2) is 3.18. The molecule has 1 aromatic heterocycles. The standard InChI is InChI=1S/C9H8N2O2/c12-9-3-1-7(2-4-9)11-8-5-10-13-6-8/h1-6,11-12H. The van der Waals surface area contributed by atoms with E-state index in [1.807, 2.05) is 0 Å². The van der Waals surface area contributed by atoms with Crippen molar-refractivity contribution in [1.82, 2.24) is 5.16 Å². The minimum atomic E-state index is 0.246. The molecule has 4 nitrogen and oxygen atoms in total. The minimum Gasteiger partial charge on any atom is -0.508 e. The average Bonchev–Trinajstić information content (AvgIpc) is 2.62. The van der Waals surface area contributed by atoms with Crippen molar-refractivity contribution in [2.24, 2.45) is 0 Å². The highest BCUT2D eigenvalue weighted by molar-refractivity contribution is 5.58. The number of nitrogens with zero attached hydrogens (tertiary/aromatic N) is 1. The van der Waals surface area contributed by atoms with Gasteiger partial charge in [0.25, 0.3) is 0 Å². The molecule has 2 rings (SSSR count). The molecular formula is C9H8N2O2. The first kappa shape index (κ1) is 7.67. The predicted octanol–water partition coefficient (Wildman–Crippen LogP) is 2.12. The Bertz CT molecular complexity index is 367. The second-order valence-electron chi connectivity index (χ2n) is 2.58. The third kappa shape index (κ3) is 1.79. The quantitative estimate of drug-likeness (QED) is 0.688. The molecule has 1 heterocycles. The first-order valence-corrected chi connectivity index (χ1v) is 3.80. The smallest absolute Gasteiger partial charge is 0.147 e. The van der Waals surface area contributed by atoms with Gasteiger partial charge in [0.05, 0.1) is 11.9 Å². The lowest BCUT2D eigenvalue weighted by Crippen LogP contribution is -1.86. The zero-order valence-electron chi connectivity index (χ0n) is 6.77. The molecule has 0 amide bonds. The molecule has 0 bridgehead atoms. The van der Waals surface area contributed by atoms with Crippen LogP contribution in [0.4, 0.5) is 11.4 Å². The van der Waals surface area contributed by atoms with Gasteiger partial charge in [0.1, 0.15) is 12.0 Å². The molecule has 0 atom stereocenters. The van der Waals surface area contributed by atoms with E-state index in [9.17, 15) is 0 Å². The first-order valence-electron chi connectivity index (χ1n) is 3.80. The highest BCUT2D eigenvalue weighted by Gasteiger charge is 1.95. The molecule has 0 unspecified atom stereocenters. The number of hydrogen-bond donors (Lipinski definition) is 2. The van der Waals surface area contributed by atoms with E-state index in [2.05, 4.69) is 15.0 Å². The Hall–Kier alpha value is -1.97. The Morgan fingerprint density at radius 1 is 1.15 bits per heavy atom. The van der Waals surface area contributed by atoms with Gasteiger partial charge in [0, 0.05) is 5.69 Å². The lowest BCUT2D eigenvalue weighted by molar-refractivity contribution is 0.420. The Balaban J connectivity index is 2.15. The highest BCUT2D eigenvalue weighted by atomic mass is 16.5. The van der Waals surface area contributed by atoms with Crippen molar-refractivity contribution in [3.63, 3.8) is 0 Å². The number of aromatic nitrogens is 1. The summed E-state index contributed by atoms with van der Waals surface area (Å²) in [6, 6.07) is 6.75. The van der Waals surface area contributed by atoms with Crippen LogP contribution in [-0.4, -0.2) is 10.3 Å². The van der Waals surface area contributed by atoms with E-state index in [0.717, 1.165) is 11.4 Å². The number of rotatable bonds is 2. The average molecular weight is 176 g/mol. The highest BCUT2D eigenvalue weighted by Crippen LogP contribution is 2.18. The number of anilines is 2. The maximum atomic E-state index is 9.02. The lowest BCUT2D eigenvalue weighted by atomic mass is 10.3. The van der Waals surface area contributed by atoms with Crippen molar-refractivity contribution in [2.45, 2.75) is 0 Å². The molecular weight excluding hydrogens is 168 g/mol. The number of phenolic OH excluding ortho intramolecular Hbond substituents is 1. The molecule has 0 aliphatic heterocycles. The number of benzene rings is 1. The Kier molecular flexibility index (Phi) is 1.88. The van der Waals surface area contributed by atoms with Crippen molar-refractivity contribution in [3.05, 3.63) is 36.7 Å². The maximum absolute atomic E-state index is 9.02. The van der Waals surface area contributed by atoms with Crippen LogP contribution < -0.4 is 5.32 Å². The molecule has 0 saturated carbocycles. The number of aromatic hydroxyl groups is 1. The van der Waals surface area contributed by atoms with Crippen LogP contribution in [0.1, 0.15) is 0 Å². The van der Waals surface area contributed by atoms with E-state index in [1.165, 1.54) is 6.26 Å². The Morgan fingerprint density at radius 3 is 2.54 bits per heavy atom. The fraction of sp³-hybridized carbons (Fsp3) is 0. The summed E-state index contributed by atoms with van der Waals surface area (Å²) in [4.78, 5) is 0. The van der Waals surface area contributed by atoms with E-state index < -0.39 is 0 Å². The molecule has 13 heavy (non-hydrogen) atoms. The summed E-state index contributed by atoms with van der Waals surface area (Å²) >= 11 is 0. The number of hydrogen-bond acceptors (Lipinski definition) is 4. The van der Waals surface area contributed by atoms with Gasteiger partial charge in [-0.05, 0) is 24.3 Å². The predicted molar refractivity (Wildman–Crippen MR) is 47.9 cm³/mol. The summed E-state index contributed by atoms with van der Waals surface area (Å²) in [5.41, 5.74) is 1.66. The van der Waals surface area contributed by atoms with Crippen molar-refractivity contribution in [2.75, 3.05) is 5.32 Å². The molecule has 2 N–H and O–H groups in total. The van der Waals surface area contributed by atoms with Gasteiger partial charge in [-0.15, -0.1) is 0 Å². The van der Waals surface area contributed by atoms with Crippen molar-refractivity contribution in [3.8, 4) is 5.75 Å². The molecule has 0 fully saturated rings. The first-order chi connectivity index (χ1) is 6.34. The largest absolute Gasteiger partial charge is 0.508 e. The normalized spacial score (nSPS) is 9.85. The molecule has 1 aromatic carbocycles. The van der Waals surface area contributed by atoms with Gasteiger partial charge in [0.15, 0.2) is 0 Å². The molecule has 0 spiro atoms. The van der Waals surface area contributed by atoms with Crippen LogP contribution in [0, 0.1) is 0 Å². The van der Waals surface area contributed by atoms with E-state index in [0.29, 0.717) is 0 Å². The summed E-state index contributed by atoms with van der Waals surface area (Å²) in [7, 11) is 0. The molecule has 0 aliphatic carbocycles. The summed E-state index contributed by atoms with van der Waals surface area (Å²) in [6.45, 7) is 0. The summed E-state index contributed by atoms with van der Waals surface area (Å²) in [6.07, 6.45) is 3.08. The molecule has 4 heteroatoms. The minimum absolute atomic E-state index is 0.246. The van der Waals surface area contributed by atoms with Crippen LogP contribution in [0.3, 0.4) is 0 Å². The fourth-order valence-corrected chi connectivity index (χ4v) is 0.978. The van der Waals surface area contributed by atoms with Crippen LogP contribution in [-0.2, 0) is 0 Å². The van der Waals surface area contributed by atoms with E-state index in [4.69, 9.17) is 5.11 Å². The van der Waals surface area contributed by atoms with Gasteiger partial charge >= 0.3 is 0 Å². The molecule has 0 saturated heterocycles. The number of phenols is 1. The van der Waals surface area contributed by atoms with Crippen LogP contribution >= 0.6 is 0 Å². The van der Waals surface area contributed by atoms with Crippen LogP contribution in [0.2, 0.25) is 0 Å². The fourth-order valence-electron chi connectivity index (χ4n) is 0.978. The van der Waals surface area contributed by atoms with Crippen molar-refractivity contribution < 1.29 is 9.63 Å². The van der Waals surface area contributed by atoms with Gasteiger partial charge in [-0.3, -0.25) is 0 Å². The maximum Gasteiger partial charge on any atom is 0.147 e.